The number of nitrogens with zero attached hydrogens (tertiary/aromatic N) is 1. The molecule has 0 unspecified atom stereocenters. The highest BCUT2D eigenvalue weighted by molar-refractivity contribution is 5.99. The lowest BCUT2D eigenvalue weighted by atomic mass is 9.99. The van der Waals surface area contributed by atoms with E-state index in [0.717, 1.165) is 44.2 Å². The van der Waals surface area contributed by atoms with Gasteiger partial charge in [0.15, 0.2) is 0 Å². The zero-order chi connectivity index (χ0) is 18.8. The molecule has 1 N–H and O–H groups in total. The van der Waals surface area contributed by atoms with Crippen LogP contribution in [0.25, 0.3) is 32.9 Å². The van der Waals surface area contributed by atoms with Crippen molar-refractivity contribution in [3.63, 3.8) is 0 Å². The summed E-state index contributed by atoms with van der Waals surface area (Å²) in [6.07, 6.45) is 0.647. The number of carboxylic acids is 1. The second-order valence-electron chi connectivity index (χ2n) is 6.48. The topological polar surface area (TPSA) is 59.4 Å². The molecule has 0 bridgehead atoms. The summed E-state index contributed by atoms with van der Waals surface area (Å²) >= 11 is 0. The minimum absolute atomic E-state index is 0.129. The van der Waals surface area contributed by atoms with Gasteiger partial charge in [0, 0.05) is 11.8 Å². The van der Waals surface area contributed by atoms with Crippen LogP contribution in [0.15, 0.2) is 66.7 Å². The van der Waals surface area contributed by atoms with E-state index in [9.17, 15) is 4.79 Å². The summed E-state index contributed by atoms with van der Waals surface area (Å²) in [5.74, 6) is 0.00486. The molecule has 4 heteroatoms. The molecule has 0 radical (unpaired) electrons. The van der Waals surface area contributed by atoms with Gasteiger partial charge in [0.1, 0.15) is 5.75 Å². The van der Waals surface area contributed by atoms with E-state index in [-0.39, 0.29) is 6.42 Å². The Bertz CT molecular complexity index is 1150. The zero-order valence-corrected chi connectivity index (χ0v) is 15.0. The molecule has 0 aliphatic heterocycles. The van der Waals surface area contributed by atoms with Crippen LogP contribution >= 0.6 is 0 Å². The number of methoxy groups -OCH3 is 1. The Morgan fingerprint density at radius 3 is 2.63 bits per heavy atom. The number of hydrogen-bond donors (Lipinski definition) is 1. The van der Waals surface area contributed by atoms with Crippen LogP contribution < -0.4 is 4.74 Å². The normalized spacial score (nSPS) is 11.0. The Kier molecular flexibility index (Phi) is 4.47. The third kappa shape index (κ3) is 3.34. The van der Waals surface area contributed by atoms with Crippen LogP contribution in [-0.4, -0.2) is 23.2 Å². The van der Waals surface area contributed by atoms with Gasteiger partial charge in [-0.2, -0.15) is 0 Å². The first-order valence-corrected chi connectivity index (χ1v) is 8.83. The number of aromatic nitrogens is 1. The highest BCUT2D eigenvalue weighted by atomic mass is 16.5. The van der Waals surface area contributed by atoms with E-state index in [1.807, 2.05) is 54.6 Å². The molecule has 4 aromatic rings. The zero-order valence-electron chi connectivity index (χ0n) is 15.0. The van der Waals surface area contributed by atoms with Crippen molar-refractivity contribution in [3.05, 3.63) is 72.3 Å². The highest BCUT2D eigenvalue weighted by Gasteiger charge is 2.12. The van der Waals surface area contributed by atoms with Crippen LogP contribution in [0, 0.1) is 0 Å². The summed E-state index contributed by atoms with van der Waals surface area (Å²) in [5, 5.41) is 12.1. The van der Waals surface area contributed by atoms with E-state index in [1.165, 1.54) is 0 Å². The van der Waals surface area contributed by atoms with Crippen LogP contribution in [0.3, 0.4) is 0 Å². The van der Waals surface area contributed by atoms with Crippen LogP contribution in [-0.2, 0) is 11.2 Å². The molecular weight excluding hydrogens is 338 g/mol. The van der Waals surface area contributed by atoms with Gasteiger partial charge in [0.25, 0.3) is 0 Å². The molecule has 4 nitrogen and oxygen atoms in total. The highest BCUT2D eigenvalue weighted by Crippen LogP contribution is 2.36. The minimum atomic E-state index is -0.786. The smallest absolute Gasteiger partial charge is 0.303 e. The molecule has 0 saturated carbocycles. The number of carboxylic acid groups (broad SMARTS) is 1. The van der Waals surface area contributed by atoms with E-state index in [0.29, 0.717) is 6.42 Å². The number of fused-ring (bicyclic) bond motifs is 2. The Morgan fingerprint density at radius 1 is 1.00 bits per heavy atom. The molecule has 0 atom stereocenters. The quantitative estimate of drug-likeness (QED) is 0.541. The molecular formula is C23H19NO3. The number of aliphatic carboxylic acids is 1. The van der Waals surface area contributed by atoms with E-state index < -0.39 is 5.97 Å². The first-order chi connectivity index (χ1) is 13.2. The maximum Gasteiger partial charge on any atom is 0.303 e. The lowest BCUT2D eigenvalue weighted by Gasteiger charge is -2.12. The SMILES string of the molecule is COc1ccc2ccccc2c1-c1ccc2cc(CCC(=O)O)ccc2n1. The lowest BCUT2D eigenvalue weighted by molar-refractivity contribution is -0.136. The molecule has 4 rings (SSSR count). The maximum absolute atomic E-state index is 10.8. The van der Waals surface area contributed by atoms with Crippen molar-refractivity contribution in [2.24, 2.45) is 0 Å². The van der Waals surface area contributed by atoms with Gasteiger partial charge in [-0.25, -0.2) is 4.98 Å². The second-order valence-corrected chi connectivity index (χ2v) is 6.48. The third-order valence-corrected chi connectivity index (χ3v) is 4.75. The van der Waals surface area contributed by atoms with E-state index >= 15 is 0 Å². The molecule has 0 spiro atoms. The lowest BCUT2D eigenvalue weighted by Crippen LogP contribution is -1.97. The number of aryl methyl sites for hydroxylation is 1. The van der Waals surface area contributed by atoms with Gasteiger partial charge < -0.3 is 9.84 Å². The summed E-state index contributed by atoms with van der Waals surface area (Å²) in [7, 11) is 1.67. The first-order valence-electron chi connectivity index (χ1n) is 8.83. The number of benzene rings is 3. The maximum atomic E-state index is 10.8. The number of carbonyl (C=O) groups is 1. The van der Waals surface area contributed by atoms with Gasteiger partial charge in [-0.05, 0) is 47.0 Å². The monoisotopic (exact) mass is 357 g/mol. The third-order valence-electron chi connectivity index (χ3n) is 4.75. The predicted octanol–water partition coefficient (Wildman–Crippen LogP) is 5.08. The molecule has 0 amide bonds. The molecule has 1 aromatic heterocycles. The average Bonchev–Trinajstić information content (AvgIpc) is 2.70. The first kappa shape index (κ1) is 17.0. The summed E-state index contributed by atoms with van der Waals surface area (Å²) < 4.78 is 5.60. The standard InChI is InChI=1S/C23H19NO3/c1-27-21-12-9-16-4-2-3-5-18(16)23(21)20-11-8-17-14-15(7-13-22(25)26)6-10-19(17)24-20/h2-6,8-12,14H,7,13H2,1H3,(H,25,26). The fraction of sp³-hybridized carbons (Fsp3) is 0.130. The van der Waals surface area contributed by atoms with Gasteiger partial charge in [0.2, 0.25) is 0 Å². The van der Waals surface area contributed by atoms with Gasteiger partial charge in [-0.1, -0.05) is 42.5 Å². The number of hydrogen-bond acceptors (Lipinski definition) is 3. The van der Waals surface area contributed by atoms with Gasteiger partial charge in [-0.15, -0.1) is 0 Å². The van der Waals surface area contributed by atoms with Gasteiger partial charge >= 0.3 is 5.97 Å². The predicted molar refractivity (Wildman–Crippen MR) is 107 cm³/mol. The van der Waals surface area contributed by atoms with E-state index in [1.54, 1.807) is 7.11 Å². The average molecular weight is 357 g/mol. The van der Waals surface area contributed by atoms with Crippen molar-refractivity contribution in [2.75, 3.05) is 7.11 Å². The summed E-state index contributed by atoms with van der Waals surface area (Å²) in [4.78, 5) is 15.6. The van der Waals surface area contributed by atoms with Crippen molar-refractivity contribution < 1.29 is 14.6 Å². The molecule has 1 heterocycles. The second kappa shape index (κ2) is 7.08. The Balaban J connectivity index is 1.82. The van der Waals surface area contributed by atoms with E-state index in [2.05, 4.69) is 12.1 Å². The Labute approximate surface area is 157 Å². The van der Waals surface area contributed by atoms with E-state index in [4.69, 9.17) is 14.8 Å². The Hall–Kier alpha value is -3.40. The number of pyridine rings is 1. The largest absolute Gasteiger partial charge is 0.496 e. The van der Waals surface area contributed by atoms with Crippen LogP contribution in [0.5, 0.6) is 5.75 Å². The van der Waals surface area contributed by atoms with Crippen molar-refractivity contribution in [3.8, 4) is 17.0 Å². The van der Waals surface area contributed by atoms with Crippen molar-refractivity contribution in [1.82, 2.24) is 4.98 Å². The summed E-state index contributed by atoms with van der Waals surface area (Å²) in [6.45, 7) is 0. The van der Waals surface area contributed by atoms with Gasteiger partial charge in [-0.3, -0.25) is 4.79 Å². The van der Waals surface area contributed by atoms with Gasteiger partial charge in [0.05, 0.1) is 23.9 Å². The fourth-order valence-electron chi connectivity index (χ4n) is 3.41. The molecule has 27 heavy (non-hydrogen) atoms. The summed E-state index contributed by atoms with van der Waals surface area (Å²) in [6, 6.07) is 22.1. The van der Waals surface area contributed by atoms with Crippen LogP contribution in [0.2, 0.25) is 0 Å². The molecule has 0 aliphatic carbocycles. The number of rotatable bonds is 5. The van der Waals surface area contributed by atoms with Crippen molar-refractivity contribution in [1.29, 1.82) is 0 Å². The van der Waals surface area contributed by atoms with Crippen LogP contribution in [0.1, 0.15) is 12.0 Å². The molecule has 0 aliphatic rings. The summed E-state index contributed by atoms with van der Waals surface area (Å²) in [5.41, 5.74) is 3.71. The minimum Gasteiger partial charge on any atom is -0.496 e. The molecule has 134 valence electrons. The van der Waals surface area contributed by atoms with Crippen molar-refractivity contribution >= 4 is 27.6 Å². The molecule has 3 aromatic carbocycles. The Morgan fingerprint density at radius 2 is 1.81 bits per heavy atom. The fourth-order valence-corrected chi connectivity index (χ4v) is 3.41. The molecule has 0 saturated heterocycles. The van der Waals surface area contributed by atoms with Crippen molar-refractivity contribution in [2.45, 2.75) is 12.8 Å². The van der Waals surface area contributed by atoms with Crippen LogP contribution in [0.4, 0.5) is 0 Å². The number of ether oxygens (including phenoxy) is 1. The molecule has 0 fully saturated rings.